The Balaban J connectivity index is -0.000000207. The molecule has 0 aromatic rings. The topological polar surface area (TPSA) is 64.6 Å². The van der Waals surface area contributed by atoms with Gasteiger partial charge in [-0.3, -0.25) is 0 Å². The molecule has 0 aromatic carbocycles. The zero-order valence-corrected chi connectivity index (χ0v) is 37.2. The maximum atomic E-state index is 10.0. The molecule has 34 heavy (non-hydrogen) atoms. The first-order valence-corrected chi connectivity index (χ1v) is 32.9. The molecule has 0 heterocycles. The molecule has 0 N–H and O–H groups in total. The smallest absolute Gasteiger partial charge is 0.811 e. The summed E-state index contributed by atoms with van der Waals surface area (Å²) in [4.78, 5) is 0. The Morgan fingerprint density at radius 1 is 0.500 bits per heavy atom. The van der Waals surface area contributed by atoms with E-state index in [-0.39, 0.29) is 36.5 Å². The van der Waals surface area contributed by atoms with Gasteiger partial charge in [0.2, 0.25) is 0 Å². The third-order valence-electron chi connectivity index (χ3n) is 3.45. The molecule has 0 aliphatic carbocycles. The van der Waals surface area contributed by atoms with Crippen molar-refractivity contribution in [1.82, 2.24) is 0 Å². The van der Waals surface area contributed by atoms with Crippen molar-refractivity contribution in [3.8, 4) is 0 Å². The molecule has 0 atom stereocenters. The van der Waals surface area contributed by atoms with E-state index in [0.29, 0.717) is 5.71 Å². The van der Waals surface area contributed by atoms with Crippen molar-refractivity contribution >= 4 is 55.1 Å². The largest absolute Gasteiger partial charge is 4.00 e. The minimum atomic E-state index is -1.61. The fourth-order valence-electron chi connectivity index (χ4n) is 3.63. The second kappa shape index (κ2) is 15.5. The van der Waals surface area contributed by atoms with Crippen LogP contribution in [0.2, 0.25) is 117 Å². The van der Waals surface area contributed by atoms with E-state index in [4.69, 9.17) is 13.9 Å². The number of hydrogen-bond acceptors (Lipinski definition) is 0. The SMILES string of the molecule is CC(C)(C)C(=[N-])C[Si](C)(C)[N-][Si](C)(C)C.C[Si](C)(C)[N-][Si](C)(C)C.C[Si](C)(C)[N-][Si](C)(C)C.[U+4]. The van der Waals surface area contributed by atoms with Crippen molar-refractivity contribution in [1.29, 1.82) is 0 Å². The van der Waals surface area contributed by atoms with Gasteiger partial charge in [0.1, 0.15) is 0 Å². The van der Waals surface area contributed by atoms with Crippen LogP contribution in [0.15, 0.2) is 0 Å². The Morgan fingerprint density at radius 3 is 0.824 bits per heavy atom. The summed E-state index contributed by atoms with van der Waals surface area (Å²) in [6.45, 7) is 45.0. The van der Waals surface area contributed by atoms with E-state index in [1.165, 1.54) is 0 Å². The van der Waals surface area contributed by atoms with E-state index >= 15 is 0 Å². The standard InChI is InChI=1S/C11H26N2Si2.2C6H18NSi2.U/c1-11(2,3)10(12)9-15(7,8)13-14(4,5)6;2*1-8(2,3)7-9(4,5)6;/h9H2,1-8H3;2*1-6H3;/q-2;2*-1;+4. The first kappa shape index (κ1) is 43.0. The van der Waals surface area contributed by atoms with Crippen molar-refractivity contribution in [2.24, 2.45) is 5.41 Å². The summed E-state index contributed by atoms with van der Waals surface area (Å²) in [7, 11) is -7.39. The van der Waals surface area contributed by atoms with Gasteiger partial charge in [-0.25, -0.2) is 5.71 Å². The van der Waals surface area contributed by atoms with E-state index in [1.54, 1.807) is 0 Å². The molecule has 202 valence electrons. The van der Waals surface area contributed by atoms with Crippen molar-refractivity contribution in [2.45, 2.75) is 138 Å². The predicted octanol–water partition coefficient (Wildman–Crippen LogP) is 10.5. The first-order valence-electron chi connectivity index (χ1n) is 12.5. The van der Waals surface area contributed by atoms with Crippen LogP contribution >= 0.6 is 0 Å². The summed E-state index contributed by atoms with van der Waals surface area (Å²) in [5.41, 5.74) is 0.514. The normalized spacial score (nSPS) is 13.6. The van der Waals surface area contributed by atoms with Crippen LogP contribution in [0.25, 0.3) is 19.4 Å². The van der Waals surface area contributed by atoms with Crippen molar-refractivity contribution in [3.05, 3.63) is 19.4 Å². The number of hydrogen-bond donors (Lipinski definition) is 0. The summed E-state index contributed by atoms with van der Waals surface area (Å²) in [6.07, 6.45) is 0. The molecule has 0 aliphatic heterocycles. The van der Waals surface area contributed by atoms with Crippen molar-refractivity contribution in [3.63, 3.8) is 0 Å². The van der Waals surface area contributed by atoms with E-state index in [2.05, 4.69) is 132 Å². The average Bonchev–Trinajstić information content (AvgIpc) is 2.24. The molecule has 0 saturated heterocycles. The zero-order chi connectivity index (χ0) is 27.9. The van der Waals surface area contributed by atoms with E-state index < -0.39 is 49.4 Å². The summed E-state index contributed by atoms with van der Waals surface area (Å²) in [5.74, 6) is 0. The quantitative estimate of drug-likeness (QED) is 0.173. The van der Waals surface area contributed by atoms with Gasteiger partial charge in [0, 0.05) is 0 Å². The molecule has 0 rings (SSSR count). The Morgan fingerprint density at radius 2 is 0.706 bits per heavy atom. The van der Waals surface area contributed by atoms with Gasteiger partial charge >= 0.3 is 31.1 Å². The van der Waals surface area contributed by atoms with Gasteiger partial charge in [-0.05, 0) is 5.41 Å². The van der Waals surface area contributed by atoms with E-state index in [1.807, 2.05) is 0 Å². The van der Waals surface area contributed by atoms with Crippen LogP contribution in [0.5, 0.6) is 0 Å². The summed E-state index contributed by atoms with van der Waals surface area (Å²) in [5, 5.41) is 10.0. The molecule has 0 unspecified atom stereocenters. The average molecular weight is 801 g/mol. The number of rotatable bonds is 8. The zero-order valence-electron chi connectivity index (χ0n) is 27.0. The second-order valence-corrected chi connectivity index (χ2v) is 44.2. The third-order valence-corrected chi connectivity index (χ3v) is 20.5. The number of nitrogens with zero attached hydrogens (tertiary/aromatic N) is 4. The molecule has 0 radical (unpaired) electrons. The van der Waals surface area contributed by atoms with Crippen molar-refractivity contribution in [2.75, 3.05) is 0 Å². The summed E-state index contributed by atoms with van der Waals surface area (Å²) < 4.78 is 14.6. The van der Waals surface area contributed by atoms with Crippen LogP contribution in [-0.2, 0) is 0 Å². The maximum absolute atomic E-state index is 10.0. The Bertz CT molecular complexity index is 523. The van der Waals surface area contributed by atoms with Crippen LogP contribution in [0.1, 0.15) is 20.8 Å². The third kappa shape index (κ3) is 38.4. The molecule has 0 amide bonds. The van der Waals surface area contributed by atoms with Gasteiger partial charge < -0.3 is 19.4 Å². The molecule has 4 nitrogen and oxygen atoms in total. The molecule has 11 heteroatoms. The molecule has 0 bridgehead atoms. The Labute approximate surface area is 247 Å². The molecule has 0 saturated carbocycles. The Kier molecular flexibility index (Phi) is 19.6. The molecular formula is C23H62N4Si6U. The fourth-order valence-corrected chi connectivity index (χ4v) is 28.7. The molecule has 0 spiro atoms. The van der Waals surface area contributed by atoms with Crippen molar-refractivity contribution < 1.29 is 31.1 Å². The Hall–Kier alpha value is 1.90. The van der Waals surface area contributed by atoms with E-state index in [0.717, 1.165) is 6.04 Å². The molecular weight excluding hydrogens is 739 g/mol. The van der Waals surface area contributed by atoms with Crippen LogP contribution < -0.4 is 0 Å². The van der Waals surface area contributed by atoms with Crippen LogP contribution in [-0.4, -0.2) is 55.1 Å². The minimum Gasteiger partial charge on any atom is -0.811 e. The fraction of sp³-hybridized carbons (Fsp3) is 0.957. The molecule has 0 aromatic heterocycles. The first-order chi connectivity index (χ1) is 13.7. The minimum absolute atomic E-state index is 0. The van der Waals surface area contributed by atoms with Crippen LogP contribution in [0.3, 0.4) is 0 Å². The van der Waals surface area contributed by atoms with Gasteiger partial charge in [-0.1, -0.05) is 188 Å². The molecule has 0 fully saturated rings. The summed E-state index contributed by atoms with van der Waals surface area (Å²) >= 11 is 0. The van der Waals surface area contributed by atoms with E-state index in [9.17, 15) is 5.41 Å². The summed E-state index contributed by atoms with van der Waals surface area (Å²) in [6, 6.07) is 0.806. The van der Waals surface area contributed by atoms with Gasteiger partial charge in [0.05, 0.1) is 0 Å². The predicted molar refractivity (Wildman–Crippen MR) is 177 cm³/mol. The van der Waals surface area contributed by atoms with Gasteiger partial charge in [0.25, 0.3) is 0 Å². The van der Waals surface area contributed by atoms with Gasteiger partial charge in [-0.2, -0.15) is 0 Å². The second-order valence-electron chi connectivity index (χ2n) is 15.9. The van der Waals surface area contributed by atoms with Crippen LogP contribution in [0, 0.1) is 36.5 Å². The molecule has 0 aliphatic rings. The van der Waals surface area contributed by atoms with Gasteiger partial charge in [-0.15, -0.1) is 0 Å². The maximum Gasteiger partial charge on any atom is 4.00 e. The van der Waals surface area contributed by atoms with Crippen LogP contribution in [0.4, 0.5) is 0 Å². The van der Waals surface area contributed by atoms with Gasteiger partial charge in [0.15, 0.2) is 0 Å². The monoisotopic (exact) mass is 800 g/mol.